The van der Waals surface area contributed by atoms with Gasteiger partial charge in [-0.15, -0.1) is 10.2 Å². The number of sulfonamides is 1. The van der Waals surface area contributed by atoms with Crippen LogP contribution in [0.3, 0.4) is 0 Å². The fourth-order valence-corrected chi connectivity index (χ4v) is 8.34. The minimum absolute atomic E-state index is 0.0205. The van der Waals surface area contributed by atoms with E-state index in [1.54, 1.807) is 18.2 Å². The van der Waals surface area contributed by atoms with Gasteiger partial charge < -0.3 is 10.1 Å². The Morgan fingerprint density at radius 2 is 1.80 bits per heavy atom. The number of ether oxygens (including phenoxy) is 1. The number of amides is 1. The van der Waals surface area contributed by atoms with Crippen molar-refractivity contribution in [3.05, 3.63) is 59.7 Å². The number of fused-ring (bicyclic) bond motifs is 1. The van der Waals surface area contributed by atoms with Crippen molar-refractivity contribution in [2.75, 3.05) is 32.1 Å². The Labute approximate surface area is 239 Å². The van der Waals surface area contributed by atoms with Gasteiger partial charge in [0.25, 0.3) is 0 Å². The lowest BCUT2D eigenvalue weighted by Crippen LogP contribution is -2.40. The summed E-state index contributed by atoms with van der Waals surface area (Å²) in [7, 11) is -3.64. The van der Waals surface area contributed by atoms with Crippen LogP contribution in [-0.4, -0.2) is 65.5 Å². The van der Waals surface area contributed by atoms with E-state index in [4.69, 9.17) is 4.74 Å². The quantitative estimate of drug-likeness (QED) is 0.394. The van der Waals surface area contributed by atoms with Crippen molar-refractivity contribution in [1.82, 2.24) is 24.4 Å². The van der Waals surface area contributed by atoms with Crippen LogP contribution in [-0.2, 0) is 26.0 Å². The maximum Gasteiger partial charge on any atom is 0.243 e. The normalized spacial score (nSPS) is 20.4. The first-order valence-electron chi connectivity index (χ1n) is 14.1. The average Bonchev–Trinajstić information content (AvgIpc) is 3.67. The molecule has 11 heteroatoms. The second kappa shape index (κ2) is 12.0. The number of benzene rings is 2. The van der Waals surface area contributed by atoms with Crippen LogP contribution < -0.4 is 5.32 Å². The highest BCUT2D eigenvalue weighted by Crippen LogP contribution is 2.37. The summed E-state index contributed by atoms with van der Waals surface area (Å²) in [5.74, 6) is 0.873. The summed E-state index contributed by atoms with van der Waals surface area (Å²) in [4.78, 5) is 13.3. The monoisotopic (exact) mass is 581 g/mol. The molecule has 6 rings (SSSR count). The molecule has 1 atom stereocenters. The zero-order valence-electron chi connectivity index (χ0n) is 22.5. The van der Waals surface area contributed by atoms with E-state index in [-0.39, 0.29) is 28.6 Å². The van der Waals surface area contributed by atoms with E-state index in [0.717, 1.165) is 44.9 Å². The lowest BCUT2D eigenvalue weighted by atomic mass is 9.88. The van der Waals surface area contributed by atoms with Gasteiger partial charge in [-0.1, -0.05) is 61.0 Å². The van der Waals surface area contributed by atoms with Crippen molar-refractivity contribution < 1.29 is 17.9 Å². The fourth-order valence-electron chi connectivity index (χ4n) is 6.07. The molecule has 40 heavy (non-hydrogen) atoms. The molecule has 0 bridgehead atoms. The molecule has 1 saturated carbocycles. The number of thioether (sulfide) groups is 1. The predicted molar refractivity (Wildman–Crippen MR) is 154 cm³/mol. The molecule has 1 saturated heterocycles. The number of nitrogens with zero attached hydrogens (tertiary/aromatic N) is 4. The number of aromatic nitrogens is 3. The van der Waals surface area contributed by atoms with Crippen LogP contribution >= 0.6 is 11.8 Å². The number of carbonyl (C=O) groups is 1. The van der Waals surface area contributed by atoms with Crippen molar-refractivity contribution in [2.24, 2.45) is 0 Å². The molecule has 1 unspecified atom stereocenters. The van der Waals surface area contributed by atoms with E-state index in [1.165, 1.54) is 27.2 Å². The zero-order chi connectivity index (χ0) is 27.5. The van der Waals surface area contributed by atoms with Crippen LogP contribution in [0.25, 0.3) is 11.4 Å². The van der Waals surface area contributed by atoms with E-state index < -0.39 is 10.0 Å². The summed E-state index contributed by atoms with van der Waals surface area (Å²) >= 11 is 1.40. The Balaban J connectivity index is 1.22. The molecule has 1 N–H and O–H groups in total. The number of carbonyl (C=O) groups excluding carboxylic acids is 1. The molecule has 3 aliphatic rings. The summed E-state index contributed by atoms with van der Waals surface area (Å²) < 4.78 is 35.6. The minimum Gasteiger partial charge on any atom is -0.379 e. The van der Waals surface area contributed by atoms with Gasteiger partial charge in [0.1, 0.15) is 0 Å². The van der Waals surface area contributed by atoms with Crippen molar-refractivity contribution in [3.8, 4) is 11.4 Å². The number of aryl methyl sites for hydroxylation is 1. The van der Waals surface area contributed by atoms with Crippen molar-refractivity contribution in [2.45, 2.75) is 67.1 Å². The molecule has 1 amide bonds. The second-order valence-corrected chi connectivity index (χ2v) is 13.5. The van der Waals surface area contributed by atoms with Crippen molar-refractivity contribution in [3.63, 3.8) is 0 Å². The Kier molecular flexibility index (Phi) is 8.25. The molecule has 3 aromatic rings. The topological polar surface area (TPSA) is 106 Å². The molecular weight excluding hydrogens is 546 g/mol. The second-order valence-electron chi connectivity index (χ2n) is 10.7. The summed E-state index contributed by atoms with van der Waals surface area (Å²) in [6, 6.07) is 15.6. The van der Waals surface area contributed by atoms with Gasteiger partial charge in [-0.3, -0.25) is 9.36 Å². The molecule has 212 valence electrons. The molecule has 2 heterocycles. The molecule has 1 aliphatic heterocycles. The van der Waals surface area contributed by atoms with E-state index in [1.807, 2.05) is 12.1 Å². The van der Waals surface area contributed by atoms with Gasteiger partial charge in [-0.2, -0.15) is 4.31 Å². The first-order chi connectivity index (χ1) is 19.5. The summed E-state index contributed by atoms with van der Waals surface area (Å²) in [5, 5.41) is 12.9. The fraction of sp³-hybridized carbons (Fsp3) is 0.483. The van der Waals surface area contributed by atoms with Crippen LogP contribution in [0.1, 0.15) is 61.7 Å². The van der Waals surface area contributed by atoms with Crippen LogP contribution in [0.2, 0.25) is 0 Å². The summed E-state index contributed by atoms with van der Waals surface area (Å²) in [6.07, 6.45) is 7.33. The molecule has 9 nitrogen and oxygen atoms in total. The zero-order valence-corrected chi connectivity index (χ0v) is 24.1. The maximum atomic E-state index is 13.3. The Bertz CT molecular complexity index is 1460. The van der Waals surface area contributed by atoms with Crippen molar-refractivity contribution >= 4 is 27.7 Å². The SMILES string of the molecule is O=C(CSc1nnc(-c2cccc(S(=O)(=O)N3CCOCC3)c2)n1C1CCCC1)NC1CCCc2ccccc21. The first-order valence-corrected chi connectivity index (χ1v) is 16.6. The third-order valence-electron chi connectivity index (χ3n) is 8.09. The van der Waals surface area contributed by atoms with Crippen LogP contribution in [0, 0.1) is 0 Å². The highest BCUT2D eigenvalue weighted by molar-refractivity contribution is 7.99. The molecule has 2 fully saturated rings. The smallest absolute Gasteiger partial charge is 0.243 e. The third-order valence-corrected chi connectivity index (χ3v) is 10.9. The maximum absolute atomic E-state index is 13.3. The van der Waals surface area contributed by atoms with Gasteiger partial charge in [0.2, 0.25) is 15.9 Å². The van der Waals surface area contributed by atoms with E-state index in [9.17, 15) is 13.2 Å². The summed E-state index contributed by atoms with van der Waals surface area (Å²) in [6.45, 7) is 1.49. The number of hydrogen-bond donors (Lipinski definition) is 1. The van der Waals surface area contributed by atoms with Crippen LogP contribution in [0.15, 0.2) is 58.6 Å². The van der Waals surface area contributed by atoms with E-state index in [0.29, 0.717) is 42.8 Å². The molecule has 2 aliphatic carbocycles. The van der Waals surface area contributed by atoms with Gasteiger partial charge in [0, 0.05) is 24.7 Å². The van der Waals surface area contributed by atoms with Gasteiger partial charge >= 0.3 is 0 Å². The van der Waals surface area contributed by atoms with Gasteiger partial charge in [-0.25, -0.2) is 8.42 Å². The Morgan fingerprint density at radius 1 is 1.00 bits per heavy atom. The van der Waals surface area contributed by atoms with Gasteiger partial charge in [0.05, 0.1) is 29.9 Å². The van der Waals surface area contributed by atoms with Crippen molar-refractivity contribution in [1.29, 1.82) is 0 Å². The van der Waals surface area contributed by atoms with Gasteiger partial charge in [-0.05, 0) is 55.4 Å². The predicted octanol–water partition coefficient (Wildman–Crippen LogP) is 4.37. The molecule has 1 aromatic heterocycles. The van der Waals surface area contributed by atoms with E-state index >= 15 is 0 Å². The largest absolute Gasteiger partial charge is 0.379 e. The highest BCUT2D eigenvalue weighted by atomic mass is 32.2. The molecule has 2 aromatic carbocycles. The Morgan fingerprint density at radius 3 is 2.62 bits per heavy atom. The van der Waals surface area contributed by atoms with Crippen LogP contribution in [0.5, 0.6) is 0 Å². The molecule has 0 radical (unpaired) electrons. The number of nitrogens with one attached hydrogen (secondary N) is 1. The number of rotatable bonds is 8. The molecular formula is C29H35N5O4S2. The number of morpholine rings is 1. The lowest BCUT2D eigenvalue weighted by Gasteiger charge is -2.26. The summed E-state index contributed by atoms with van der Waals surface area (Å²) in [5.41, 5.74) is 3.24. The third kappa shape index (κ3) is 5.70. The molecule has 0 spiro atoms. The highest BCUT2D eigenvalue weighted by Gasteiger charge is 2.29. The Hall–Kier alpha value is -2.73. The standard InChI is InChI=1S/C29H35N5O4S2/c35-27(30-26-14-6-8-21-7-1-4-13-25(21)26)20-39-29-32-31-28(34(29)23-10-2-3-11-23)22-9-5-12-24(19-22)40(36,37)33-15-17-38-18-16-33/h1,4-5,7,9,12-13,19,23,26H,2-3,6,8,10-11,14-18,20H2,(H,30,35). The number of hydrogen-bond acceptors (Lipinski definition) is 7. The first kappa shape index (κ1) is 27.4. The lowest BCUT2D eigenvalue weighted by molar-refractivity contribution is -0.119. The van der Waals surface area contributed by atoms with Crippen LogP contribution in [0.4, 0.5) is 0 Å². The minimum atomic E-state index is -3.64. The van der Waals surface area contributed by atoms with E-state index in [2.05, 4.69) is 38.3 Å². The van der Waals surface area contributed by atoms with Gasteiger partial charge in [0.15, 0.2) is 11.0 Å². The average molecular weight is 582 g/mol.